The maximum atomic E-state index is 11.7. The lowest BCUT2D eigenvalue weighted by Gasteiger charge is -2.34. The van der Waals surface area contributed by atoms with Crippen LogP contribution in [0.5, 0.6) is 0 Å². The van der Waals surface area contributed by atoms with E-state index in [2.05, 4.69) is 5.32 Å². The second-order valence-corrected chi connectivity index (χ2v) is 5.84. The van der Waals surface area contributed by atoms with Crippen molar-refractivity contribution in [3.63, 3.8) is 0 Å². The molecule has 6 nitrogen and oxygen atoms in total. The minimum absolute atomic E-state index is 0.202. The second kappa shape index (κ2) is 7.67. The van der Waals surface area contributed by atoms with E-state index in [4.69, 9.17) is 15.3 Å². The van der Waals surface area contributed by atoms with Crippen molar-refractivity contribution in [1.82, 2.24) is 10.4 Å². The molecule has 0 bridgehead atoms. The van der Waals surface area contributed by atoms with Gasteiger partial charge >= 0.3 is 6.16 Å². The van der Waals surface area contributed by atoms with E-state index in [-0.39, 0.29) is 6.04 Å². The van der Waals surface area contributed by atoms with E-state index in [0.717, 1.165) is 32.4 Å². The van der Waals surface area contributed by atoms with E-state index in [9.17, 15) is 4.79 Å². The summed E-state index contributed by atoms with van der Waals surface area (Å²) in [7, 11) is 0. The molecular weight excluding hydrogens is 246 g/mol. The standard InChI is InChI=1S/C13H27N3O3/c1-13(2,3)18-12(17)19-16-9-8-15-10-11(16)6-4-5-7-14/h11,15H,4-10,14H2,1-3H3. The Morgan fingerprint density at radius 2 is 2.16 bits per heavy atom. The van der Waals surface area contributed by atoms with Crippen molar-refractivity contribution < 1.29 is 14.4 Å². The maximum Gasteiger partial charge on any atom is 0.528 e. The molecule has 6 heteroatoms. The van der Waals surface area contributed by atoms with Gasteiger partial charge < -0.3 is 20.6 Å². The molecule has 1 unspecified atom stereocenters. The predicted molar refractivity (Wildman–Crippen MR) is 73.6 cm³/mol. The average molecular weight is 273 g/mol. The molecule has 112 valence electrons. The van der Waals surface area contributed by atoms with Gasteiger partial charge in [-0.1, -0.05) is 6.42 Å². The Morgan fingerprint density at radius 1 is 1.42 bits per heavy atom. The van der Waals surface area contributed by atoms with E-state index in [1.165, 1.54) is 0 Å². The first kappa shape index (κ1) is 16.2. The van der Waals surface area contributed by atoms with Crippen molar-refractivity contribution in [2.24, 2.45) is 5.73 Å². The van der Waals surface area contributed by atoms with Crippen LogP contribution in [0.25, 0.3) is 0 Å². The van der Waals surface area contributed by atoms with Crippen molar-refractivity contribution in [3.8, 4) is 0 Å². The van der Waals surface area contributed by atoms with Crippen LogP contribution in [-0.4, -0.2) is 49.0 Å². The quantitative estimate of drug-likeness (QED) is 0.580. The van der Waals surface area contributed by atoms with Crippen molar-refractivity contribution in [2.45, 2.75) is 51.7 Å². The zero-order chi connectivity index (χ0) is 14.3. The number of carbonyl (C=O) groups excluding carboxylic acids is 1. The molecule has 0 amide bonds. The highest BCUT2D eigenvalue weighted by Gasteiger charge is 2.27. The number of hydroxylamine groups is 2. The third-order valence-electron chi connectivity index (χ3n) is 2.87. The number of ether oxygens (including phenoxy) is 1. The first-order valence-electron chi connectivity index (χ1n) is 7.01. The zero-order valence-electron chi connectivity index (χ0n) is 12.3. The average Bonchev–Trinajstić information content (AvgIpc) is 2.29. The summed E-state index contributed by atoms with van der Waals surface area (Å²) in [5.74, 6) is 0. The summed E-state index contributed by atoms with van der Waals surface area (Å²) in [4.78, 5) is 17.0. The maximum absolute atomic E-state index is 11.7. The topological polar surface area (TPSA) is 76.8 Å². The number of unbranched alkanes of at least 4 members (excludes halogenated alkanes) is 1. The van der Waals surface area contributed by atoms with Crippen LogP contribution >= 0.6 is 0 Å². The molecule has 3 N–H and O–H groups in total. The fraction of sp³-hybridized carbons (Fsp3) is 0.923. The summed E-state index contributed by atoms with van der Waals surface area (Å²) in [6, 6.07) is 0.202. The molecule has 1 atom stereocenters. The van der Waals surface area contributed by atoms with Gasteiger partial charge in [0.2, 0.25) is 0 Å². The summed E-state index contributed by atoms with van der Waals surface area (Å²) in [6.07, 6.45) is 2.37. The van der Waals surface area contributed by atoms with Gasteiger partial charge in [0.15, 0.2) is 0 Å². The summed E-state index contributed by atoms with van der Waals surface area (Å²) in [6.45, 7) is 8.50. The second-order valence-electron chi connectivity index (χ2n) is 5.84. The van der Waals surface area contributed by atoms with E-state index < -0.39 is 11.8 Å². The van der Waals surface area contributed by atoms with Gasteiger partial charge in [0.1, 0.15) is 5.60 Å². The largest absolute Gasteiger partial charge is 0.528 e. The van der Waals surface area contributed by atoms with Gasteiger partial charge in [-0.25, -0.2) is 4.79 Å². The van der Waals surface area contributed by atoms with Gasteiger partial charge in [-0.05, 0) is 40.2 Å². The summed E-state index contributed by atoms with van der Waals surface area (Å²) in [5, 5.41) is 5.05. The minimum Gasteiger partial charge on any atom is -0.427 e. The van der Waals surface area contributed by atoms with Gasteiger partial charge in [0, 0.05) is 19.6 Å². The lowest BCUT2D eigenvalue weighted by Crippen LogP contribution is -2.52. The predicted octanol–water partition coefficient (Wildman–Crippen LogP) is 1.26. The summed E-state index contributed by atoms with van der Waals surface area (Å²) in [5.41, 5.74) is 4.97. The monoisotopic (exact) mass is 273 g/mol. The van der Waals surface area contributed by atoms with Gasteiger partial charge in [0.05, 0.1) is 6.04 Å². The van der Waals surface area contributed by atoms with Gasteiger partial charge in [-0.15, -0.1) is 5.06 Å². The fourth-order valence-corrected chi connectivity index (χ4v) is 2.00. The highest BCUT2D eigenvalue weighted by molar-refractivity contribution is 5.60. The molecule has 0 aromatic rings. The zero-order valence-corrected chi connectivity index (χ0v) is 12.3. The first-order chi connectivity index (χ1) is 8.92. The number of hydrogen-bond donors (Lipinski definition) is 2. The number of nitrogens with one attached hydrogen (secondary N) is 1. The number of nitrogens with zero attached hydrogens (tertiary/aromatic N) is 1. The van der Waals surface area contributed by atoms with Crippen LogP contribution in [0.1, 0.15) is 40.0 Å². The van der Waals surface area contributed by atoms with E-state index >= 15 is 0 Å². The highest BCUT2D eigenvalue weighted by atomic mass is 16.8. The SMILES string of the molecule is CC(C)(C)OC(=O)ON1CCNCC1CCCCN. The number of nitrogens with two attached hydrogens (primary N) is 1. The molecular formula is C13H27N3O3. The number of hydrogen-bond acceptors (Lipinski definition) is 6. The van der Waals surface area contributed by atoms with Crippen LogP contribution in [-0.2, 0) is 9.57 Å². The van der Waals surface area contributed by atoms with E-state index in [1.54, 1.807) is 5.06 Å². The summed E-state index contributed by atoms with van der Waals surface area (Å²) < 4.78 is 5.17. The van der Waals surface area contributed by atoms with Gasteiger partial charge in [-0.3, -0.25) is 0 Å². The molecule has 0 aliphatic carbocycles. The van der Waals surface area contributed by atoms with Crippen molar-refractivity contribution in [1.29, 1.82) is 0 Å². The molecule has 1 fully saturated rings. The van der Waals surface area contributed by atoms with Gasteiger partial charge in [0.25, 0.3) is 0 Å². The molecule has 1 aliphatic rings. The lowest BCUT2D eigenvalue weighted by molar-refractivity contribution is -0.173. The first-order valence-corrected chi connectivity index (χ1v) is 7.01. The third-order valence-corrected chi connectivity index (χ3v) is 2.87. The number of carbonyl (C=O) groups is 1. The fourth-order valence-electron chi connectivity index (χ4n) is 2.00. The molecule has 0 aromatic heterocycles. The lowest BCUT2D eigenvalue weighted by atomic mass is 10.1. The van der Waals surface area contributed by atoms with Crippen molar-refractivity contribution in [2.75, 3.05) is 26.2 Å². The van der Waals surface area contributed by atoms with Crippen LogP contribution in [0.15, 0.2) is 0 Å². The molecule has 0 radical (unpaired) electrons. The summed E-state index contributed by atoms with van der Waals surface area (Å²) >= 11 is 0. The molecule has 19 heavy (non-hydrogen) atoms. The molecule has 1 saturated heterocycles. The smallest absolute Gasteiger partial charge is 0.427 e. The Bertz CT molecular complexity index is 279. The van der Waals surface area contributed by atoms with E-state index in [0.29, 0.717) is 13.1 Å². The Morgan fingerprint density at radius 3 is 2.79 bits per heavy atom. The van der Waals surface area contributed by atoms with Crippen LogP contribution in [0.4, 0.5) is 4.79 Å². The van der Waals surface area contributed by atoms with E-state index in [1.807, 2.05) is 20.8 Å². The molecule has 0 aromatic carbocycles. The molecule has 1 rings (SSSR count). The van der Waals surface area contributed by atoms with Crippen molar-refractivity contribution >= 4 is 6.16 Å². The van der Waals surface area contributed by atoms with Crippen LogP contribution in [0, 0.1) is 0 Å². The van der Waals surface area contributed by atoms with Crippen LogP contribution in [0.3, 0.4) is 0 Å². The highest BCUT2D eigenvalue weighted by Crippen LogP contribution is 2.14. The Kier molecular flexibility index (Phi) is 6.54. The molecule has 1 aliphatic heterocycles. The normalized spacial score (nSPS) is 21.2. The Balaban J connectivity index is 2.41. The Labute approximate surface area is 115 Å². The van der Waals surface area contributed by atoms with Gasteiger partial charge in [-0.2, -0.15) is 0 Å². The third kappa shape index (κ3) is 6.75. The van der Waals surface area contributed by atoms with Crippen LogP contribution in [0.2, 0.25) is 0 Å². The molecule has 0 spiro atoms. The Hall–Kier alpha value is -0.850. The number of piperazine rings is 1. The van der Waals surface area contributed by atoms with Crippen LogP contribution < -0.4 is 11.1 Å². The molecule has 1 heterocycles. The molecule has 0 saturated carbocycles. The van der Waals surface area contributed by atoms with Crippen molar-refractivity contribution in [3.05, 3.63) is 0 Å². The minimum atomic E-state index is -0.627. The number of rotatable bonds is 5.